The molecule has 0 aliphatic heterocycles. The summed E-state index contributed by atoms with van der Waals surface area (Å²) in [6.45, 7) is 5.73. The predicted octanol–water partition coefficient (Wildman–Crippen LogP) is 1.65. The minimum absolute atomic E-state index is 0.0699. The number of ether oxygens (including phenoxy) is 1. The Morgan fingerprint density at radius 2 is 2.00 bits per heavy atom. The van der Waals surface area contributed by atoms with E-state index < -0.39 is 10.0 Å². The molecule has 120 valence electrons. The van der Waals surface area contributed by atoms with Crippen molar-refractivity contribution in [1.29, 1.82) is 0 Å². The van der Waals surface area contributed by atoms with E-state index in [1.807, 2.05) is 0 Å². The van der Waals surface area contributed by atoms with Gasteiger partial charge < -0.3 is 15.8 Å². The van der Waals surface area contributed by atoms with Crippen LogP contribution >= 0.6 is 0 Å². The molecule has 0 spiro atoms. The third-order valence-corrected chi connectivity index (χ3v) is 4.81. The van der Waals surface area contributed by atoms with Crippen LogP contribution in [0.3, 0.4) is 0 Å². The van der Waals surface area contributed by atoms with E-state index >= 15 is 0 Å². The quantitative estimate of drug-likeness (QED) is 0.634. The summed E-state index contributed by atoms with van der Waals surface area (Å²) in [6.07, 6.45) is 0.929. The fraction of sp³-hybridized carbons (Fsp3) is 0.571. The molecule has 21 heavy (non-hydrogen) atoms. The van der Waals surface area contributed by atoms with Gasteiger partial charge in [-0.25, -0.2) is 13.1 Å². The van der Waals surface area contributed by atoms with Gasteiger partial charge in [-0.1, -0.05) is 13.8 Å². The van der Waals surface area contributed by atoms with E-state index in [4.69, 9.17) is 10.5 Å². The van der Waals surface area contributed by atoms with Crippen LogP contribution in [0.5, 0.6) is 0 Å². The Balaban J connectivity index is 2.77. The van der Waals surface area contributed by atoms with Crippen LogP contribution in [0.1, 0.15) is 20.3 Å². The SMILES string of the molecule is CNS(=O)(=O)c1ccc(NCC(C)(C)CCOC)cc1N. The van der Waals surface area contributed by atoms with Crippen molar-refractivity contribution >= 4 is 21.4 Å². The summed E-state index contributed by atoms with van der Waals surface area (Å²) in [7, 11) is -0.474. The molecule has 1 aromatic carbocycles. The molecule has 0 saturated heterocycles. The molecule has 0 amide bonds. The zero-order valence-corrected chi connectivity index (χ0v) is 13.9. The first kappa shape index (κ1) is 17.7. The van der Waals surface area contributed by atoms with Gasteiger partial charge in [0.1, 0.15) is 4.90 Å². The monoisotopic (exact) mass is 315 g/mol. The van der Waals surface area contributed by atoms with Crippen molar-refractivity contribution < 1.29 is 13.2 Å². The summed E-state index contributed by atoms with van der Waals surface area (Å²) < 4.78 is 30.8. The summed E-state index contributed by atoms with van der Waals surface area (Å²) in [6, 6.07) is 4.86. The predicted molar refractivity (Wildman–Crippen MR) is 85.9 cm³/mol. The second-order valence-electron chi connectivity index (χ2n) is 5.72. The van der Waals surface area contributed by atoms with Crippen LogP contribution in [-0.4, -0.2) is 35.7 Å². The van der Waals surface area contributed by atoms with E-state index in [1.54, 1.807) is 19.2 Å². The topological polar surface area (TPSA) is 93.5 Å². The number of anilines is 2. The highest BCUT2D eigenvalue weighted by atomic mass is 32.2. The van der Waals surface area contributed by atoms with Crippen LogP contribution in [0.4, 0.5) is 11.4 Å². The van der Waals surface area contributed by atoms with Crippen LogP contribution in [0.25, 0.3) is 0 Å². The van der Waals surface area contributed by atoms with Crippen LogP contribution in [0, 0.1) is 5.41 Å². The first-order valence-electron chi connectivity index (χ1n) is 6.78. The molecule has 0 fully saturated rings. The van der Waals surface area contributed by atoms with E-state index in [-0.39, 0.29) is 16.0 Å². The Bertz CT molecular complexity index is 571. The number of sulfonamides is 1. The van der Waals surface area contributed by atoms with E-state index in [0.717, 1.165) is 18.7 Å². The number of hydrogen-bond donors (Lipinski definition) is 3. The van der Waals surface area contributed by atoms with E-state index in [1.165, 1.54) is 13.1 Å². The Kier molecular flexibility index (Phi) is 6.00. The second-order valence-corrected chi connectivity index (χ2v) is 7.58. The Morgan fingerprint density at radius 1 is 1.33 bits per heavy atom. The maximum absolute atomic E-state index is 11.7. The van der Waals surface area contributed by atoms with Crippen molar-refractivity contribution in [3.8, 4) is 0 Å². The molecule has 1 aromatic rings. The summed E-state index contributed by atoms with van der Waals surface area (Å²) in [5, 5.41) is 3.28. The van der Waals surface area contributed by atoms with Crippen LogP contribution in [0.2, 0.25) is 0 Å². The summed E-state index contributed by atoms with van der Waals surface area (Å²) >= 11 is 0. The lowest BCUT2D eigenvalue weighted by atomic mass is 9.89. The molecule has 0 aliphatic rings. The number of nitrogen functional groups attached to an aromatic ring is 1. The normalized spacial score (nSPS) is 12.4. The Morgan fingerprint density at radius 3 is 2.52 bits per heavy atom. The maximum atomic E-state index is 11.7. The molecular weight excluding hydrogens is 290 g/mol. The molecule has 0 bridgehead atoms. The van der Waals surface area contributed by atoms with Gasteiger partial charge in [-0.15, -0.1) is 0 Å². The number of hydrogen-bond acceptors (Lipinski definition) is 5. The smallest absolute Gasteiger partial charge is 0.242 e. The fourth-order valence-electron chi connectivity index (χ4n) is 1.82. The van der Waals surface area contributed by atoms with E-state index in [0.29, 0.717) is 6.61 Å². The molecule has 0 saturated carbocycles. The first-order chi connectivity index (χ1) is 9.72. The van der Waals surface area contributed by atoms with Crippen molar-refractivity contribution in [3.05, 3.63) is 18.2 Å². The zero-order chi connectivity index (χ0) is 16.1. The molecule has 0 heterocycles. The van der Waals surface area contributed by atoms with Gasteiger partial charge in [-0.05, 0) is 37.1 Å². The molecule has 1 rings (SSSR count). The maximum Gasteiger partial charge on any atom is 0.242 e. The molecular formula is C14H25N3O3S. The standard InChI is InChI=1S/C14H25N3O3S/c1-14(2,7-8-20-4)10-17-11-5-6-13(12(15)9-11)21(18,19)16-3/h5-6,9,16-17H,7-8,10,15H2,1-4H3. The van der Waals surface area contributed by atoms with Crippen molar-refractivity contribution in [1.82, 2.24) is 4.72 Å². The summed E-state index contributed by atoms with van der Waals surface area (Å²) in [4.78, 5) is 0.0918. The lowest BCUT2D eigenvalue weighted by molar-refractivity contribution is 0.157. The van der Waals surface area contributed by atoms with Gasteiger partial charge in [0.15, 0.2) is 0 Å². The highest BCUT2D eigenvalue weighted by molar-refractivity contribution is 7.89. The highest BCUT2D eigenvalue weighted by Gasteiger charge is 2.18. The number of methoxy groups -OCH3 is 1. The van der Waals surface area contributed by atoms with E-state index in [2.05, 4.69) is 23.9 Å². The largest absolute Gasteiger partial charge is 0.398 e. The summed E-state index contributed by atoms with van der Waals surface area (Å²) in [5.41, 5.74) is 6.92. The van der Waals surface area contributed by atoms with Gasteiger partial charge in [0.25, 0.3) is 0 Å². The zero-order valence-electron chi connectivity index (χ0n) is 13.1. The minimum atomic E-state index is -3.52. The second kappa shape index (κ2) is 7.11. The van der Waals surface area contributed by atoms with Crippen molar-refractivity contribution in [2.24, 2.45) is 5.41 Å². The van der Waals surface area contributed by atoms with Gasteiger partial charge in [-0.3, -0.25) is 0 Å². The van der Waals surface area contributed by atoms with Gasteiger partial charge >= 0.3 is 0 Å². The number of nitrogens with one attached hydrogen (secondary N) is 2. The average molecular weight is 315 g/mol. The first-order valence-corrected chi connectivity index (χ1v) is 8.26. The third-order valence-electron chi connectivity index (χ3n) is 3.32. The van der Waals surface area contributed by atoms with Crippen molar-refractivity contribution in [3.63, 3.8) is 0 Å². The van der Waals surface area contributed by atoms with Gasteiger partial charge in [-0.2, -0.15) is 0 Å². The van der Waals surface area contributed by atoms with Crippen molar-refractivity contribution in [2.75, 3.05) is 38.4 Å². The number of rotatable bonds is 8. The average Bonchev–Trinajstić information content (AvgIpc) is 2.43. The Labute approximate surface area is 127 Å². The number of benzene rings is 1. The van der Waals surface area contributed by atoms with Crippen LogP contribution in [0.15, 0.2) is 23.1 Å². The molecule has 6 nitrogen and oxygen atoms in total. The Hall–Kier alpha value is -1.31. The lowest BCUT2D eigenvalue weighted by Gasteiger charge is -2.25. The third kappa shape index (κ3) is 5.18. The van der Waals surface area contributed by atoms with Crippen LogP contribution in [-0.2, 0) is 14.8 Å². The molecule has 0 atom stereocenters. The summed E-state index contributed by atoms with van der Waals surface area (Å²) in [5.74, 6) is 0. The van der Waals surface area contributed by atoms with Crippen molar-refractivity contribution in [2.45, 2.75) is 25.2 Å². The highest BCUT2D eigenvalue weighted by Crippen LogP contribution is 2.25. The van der Waals surface area contributed by atoms with Gasteiger partial charge in [0, 0.05) is 25.9 Å². The fourth-order valence-corrected chi connectivity index (χ4v) is 2.66. The lowest BCUT2D eigenvalue weighted by Crippen LogP contribution is -2.25. The molecule has 7 heteroatoms. The van der Waals surface area contributed by atoms with Crippen LogP contribution < -0.4 is 15.8 Å². The van der Waals surface area contributed by atoms with Gasteiger partial charge in [0.2, 0.25) is 10.0 Å². The van der Waals surface area contributed by atoms with E-state index in [9.17, 15) is 8.42 Å². The molecule has 4 N–H and O–H groups in total. The van der Waals surface area contributed by atoms with Gasteiger partial charge in [0.05, 0.1) is 5.69 Å². The molecule has 0 aliphatic carbocycles. The molecule has 0 unspecified atom stereocenters. The number of nitrogens with two attached hydrogens (primary N) is 1. The minimum Gasteiger partial charge on any atom is -0.398 e. The molecule has 0 aromatic heterocycles. The molecule has 0 radical (unpaired) electrons.